The van der Waals surface area contributed by atoms with Crippen molar-refractivity contribution >= 4 is 75.9 Å². The van der Waals surface area contributed by atoms with Crippen molar-refractivity contribution in [3.8, 4) is 17.2 Å². The van der Waals surface area contributed by atoms with E-state index in [-0.39, 0.29) is 0 Å². The van der Waals surface area contributed by atoms with Crippen LogP contribution in [0.15, 0.2) is 40.9 Å². The fraction of sp³-hybridized carbons (Fsp3) is 0.562. The lowest BCUT2D eigenvalue weighted by Gasteiger charge is -2.18. The Bertz CT molecular complexity index is 881. The van der Waals surface area contributed by atoms with Crippen LogP contribution in [0.3, 0.4) is 0 Å². The first-order chi connectivity index (χ1) is 19.2. The molecule has 0 aliphatic heterocycles. The van der Waals surface area contributed by atoms with Crippen LogP contribution in [-0.2, 0) is 0 Å². The van der Waals surface area contributed by atoms with Crippen LogP contribution in [0.1, 0.15) is 88.2 Å². The molecule has 0 heterocycles. The highest BCUT2D eigenvalue weighted by Crippen LogP contribution is 2.40. The second-order valence-electron chi connectivity index (χ2n) is 9.59. The van der Waals surface area contributed by atoms with E-state index in [4.69, 9.17) is 14.2 Å². The maximum Gasteiger partial charge on any atom is 0.203 e. The van der Waals surface area contributed by atoms with Crippen molar-refractivity contribution in [1.82, 2.24) is 0 Å². The smallest absolute Gasteiger partial charge is 0.203 e. The van der Waals surface area contributed by atoms with Crippen LogP contribution in [0.25, 0.3) is 12.2 Å². The third kappa shape index (κ3) is 15.9. The molecule has 218 valence electrons. The molecule has 2 aromatic carbocycles. The minimum absolute atomic E-state index is 0.666. The molecule has 0 radical (unpaired) electrons. The lowest BCUT2D eigenvalue weighted by Crippen LogP contribution is -2.07. The summed E-state index contributed by atoms with van der Waals surface area (Å²) in [7, 11) is 0. The molecule has 0 atom stereocenters. The lowest BCUT2D eigenvalue weighted by molar-refractivity contribution is 0.234. The predicted molar refractivity (Wildman–Crippen MR) is 183 cm³/mol. The maximum absolute atomic E-state index is 6.37. The van der Waals surface area contributed by atoms with E-state index in [2.05, 4.69) is 112 Å². The second-order valence-corrected chi connectivity index (χ2v) is 12.9. The Hall–Kier alpha value is -0.500. The zero-order valence-corrected chi connectivity index (χ0v) is 29.4. The van der Waals surface area contributed by atoms with Gasteiger partial charge < -0.3 is 14.2 Å². The maximum atomic E-state index is 6.37. The minimum Gasteiger partial charge on any atom is -0.490 e. The molecule has 0 unspecified atom stereocenters. The number of alkyl halides is 3. The van der Waals surface area contributed by atoms with Gasteiger partial charge in [-0.3, -0.25) is 0 Å². The zero-order chi connectivity index (χ0) is 28.0. The Morgan fingerprint density at radius 1 is 0.487 bits per heavy atom. The number of hydrogen-bond acceptors (Lipinski definition) is 3. The third-order valence-corrected chi connectivity index (χ3v) is 8.44. The quantitative estimate of drug-likeness (QED) is 0.0637. The number of rotatable bonds is 23. The molecule has 0 aliphatic carbocycles. The van der Waals surface area contributed by atoms with Gasteiger partial charge >= 0.3 is 0 Å². The van der Waals surface area contributed by atoms with Gasteiger partial charge in [-0.05, 0) is 73.9 Å². The van der Waals surface area contributed by atoms with E-state index in [1.54, 1.807) is 0 Å². The SMILES string of the molecule is BrCCCCCCOc1cc(/C=C/c2ccc(Br)cc2)cc(OCCCCCCBr)c1OCCCCCCBr. The van der Waals surface area contributed by atoms with Gasteiger partial charge in [0.05, 0.1) is 19.8 Å². The molecule has 0 spiro atoms. The van der Waals surface area contributed by atoms with E-state index in [1.165, 1.54) is 38.5 Å². The van der Waals surface area contributed by atoms with Gasteiger partial charge in [0.1, 0.15) is 0 Å². The Morgan fingerprint density at radius 3 is 1.36 bits per heavy atom. The molecule has 0 aromatic heterocycles. The zero-order valence-electron chi connectivity index (χ0n) is 23.1. The monoisotopic (exact) mass is 792 g/mol. The molecule has 39 heavy (non-hydrogen) atoms. The molecule has 0 fully saturated rings. The van der Waals surface area contributed by atoms with Gasteiger partial charge in [-0.25, -0.2) is 0 Å². The van der Waals surface area contributed by atoms with E-state index < -0.39 is 0 Å². The summed E-state index contributed by atoms with van der Waals surface area (Å²) in [6.07, 6.45) is 18.1. The van der Waals surface area contributed by atoms with Crippen LogP contribution in [0.2, 0.25) is 0 Å². The van der Waals surface area contributed by atoms with Crippen molar-refractivity contribution in [3.05, 3.63) is 52.0 Å². The average Bonchev–Trinajstić information content (AvgIpc) is 2.95. The molecule has 0 amide bonds. The molecular weight excluding hydrogens is 752 g/mol. The summed E-state index contributed by atoms with van der Waals surface area (Å²) in [6, 6.07) is 12.5. The fourth-order valence-corrected chi connectivity index (χ4v) is 5.46. The first kappa shape index (κ1) is 34.7. The Kier molecular flexibility index (Phi) is 20.6. The minimum atomic E-state index is 0.666. The van der Waals surface area contributed by atoms with Crippen LogP contribution in [-0.4, -0.2) is 35.8 Å². The summed E-state index contributed by atoms with van der Waals surface area (Å²) in [5.74, 6) is 2.31. The summed E-state index contributed by atoms with van der Waals surface area (Å²) in [4.78, 5) is 0. The van der Waals surface area contributed by atoms with Gasteiger partial charge in [-0.1, -0.05) is 127 Å². The summed E-state index contributed by atoms with van der Waals surface area (Å²) in [6.45, 7) is 2.02. The summed E-state index contributed by atoms with van der Waals surface area (Å²) < 4.78 is 20.1. The van der Waals surface area contributed by atoms with Crippen molar-refractivity contribution in [3.63, 3.8) is 0 Å². The van der Waals surface area contributed by atoms with Gasteiger partial charge in [0.25, 0.3) is 0 Å². The molecule has 0 aliphatic rings. The molecule has 2 aromatic rings. The number of hydrogen-bond donors (Lipinski definition) is 0. The van der Waals surface area contributed by atoms with E-state index >= 15 is 0 Å². The molecule has 0 N–H and O–H groups in total. The van der Waals surface area contributed by atoms with Gasteiger partial charge in [0, 0.05) is 20.5 Å². The van der Waals surface area contributed by atoms with E-state index in [0.29, 0.717) is 19.8 Å². The van der Waals surface area contributed by atoms with E-state index in [9.17, 15) is 0 Å². The highest BCUT2D eigenvalue weighted by Gasteiger charge is 2.15. The first-order valence-electron chi connectivity index (χ1n) is 14.4. The Labute approximate surface area is 270 Å². The van der Waals surface area contributed by atoms with Crippen molar-refractivity contribution in [2.75, 3.05) is 35.8 Å². The van der Waals surface area contributed by atoms with Gasteiger partial charge in [0.15, 0.2) is 11.5 Å². The van der Waals surface area contributed by atoms with Crippen molar-refractivity contribution in [1.29, 1.82) is 0 Å². The number of benzene rings is 2. The van der Waals surface area contributed by atoms with Crippen molar-refractivity contribution in [2.24, 2.45) is 0 Å². The fourth-order valence-electron chi connectivity index (χ4n) is 4.00. The molecule has 2 rings (SSSR count). The van der Waals surface area contributed by atoms with Crippen LogP contribution < -0.4 is 14.2 Å². The van der Waals surface area contributed by atoms with E-state index in [0.717, 1.165) is 87.4 Å². The molecule has 0 saturated carbocycles. The summed E-state index contributed by atoms with van der Waals surface area (Å²) in [5.41, 5.74) is 2.19. The summed E-state index contributed by atoms with van der Waals surface area (Å²) >= 11 is 14.1. The standard InChI is InChI=1S/C32H44Br4O3/c33-19-7-1-4-10-22-37-30-25-28(14-13-27-15-17-29(36)18-16-27)26-31(38-23-11-5-2-8-20-34)32(30)39-24-12-6-3-9-21-35/h13-18,25-26H,1-12,19-24H2/b14-13+. The van der Waals surface area contributed by atoms with E-state index in [1.807, 2.05) is 0 Å². The normalized spacial score (nSPS) is 11.3. The predicted octanol–water partition coefficient (Wildman–Crippen LogP) is 11.6. The second kappa shape index (κ2) is 23.1. The molecule has 3 nitrogen and oxygen atoms in total. The lowest BCUT2D eigenvalue weighted by atomic mass is 10.1. The van der Waals surface area contributed by atoms with Crippen LogP contribution in [0.4, 0.5) is 0 Å². The van der Waals surface area contributed by atoms with Crippen LogP contribution in [0, 0.1) is 0 Å². The number of ether oxygens (including phenoxy) is 3. The average molecular weight is 796 g/mol. The molecule has 0 saturated heterocycles. The highest BCUT2D eigenvalue weighted by atomic mass is 79.9. The number of unbranched alkanes of at least 4 members (excludes halogenated alkanes) is 9. The highest BCUT2D eigenvalue weighted by molar-refractivity contribution is 9.10. The topological polar surface area (TPSA) is 27.7 Å². The number of halogens is 4. The van der Waals surface area contributed by atoms with Gasteiger partial charge in [-0.15, -0.1) is 0 Å². The first-order valence-corrected chi connectivity index (χ1v) is 18.5. The van der Waals surface area contributed by atoms with Crippen LogP contribution >= 0.6 is 63.7 Å². The Balaban J connectivity index is 2.20. The third-order valence-electron chi connectivity index (χ3n) is 6.23. The Morgan fingerprint density at radius 2 is 0.897 bits per heavy atom. The largest absolute Gasteiger partial charge is 0.490 e. The summed E-state index contributed by atoms with van der Waals surface area (Å²) in [5, 5.41) is 3.18. The molecule has 0 bridgehead atoms. The van der Waals surface area contributed by atoms with Gasteiger partial charge in [0.2, 0.25) is 5.75 Å². The van der Waals surface area contributed by atoms with Crippen LogP contribution in [0.5, 0.6) is 17.2 Å². The molecule has 7 heteroatoms. The van der Waals surface area contributed by atoms with Crippen molar-refractivity contribution in [2.45, 2.75) is 77.0 Å². The van der Waals surface area contributed by atoms with Crippen molar-refractivity contribution < 1.29 is 14.2 Å². The van der Waals surface area contributed by atoms with Gasteiger partial charge in [-0.2, -0.15) is 0 Å². The molecular formula is C32H44Br4O3.